The van der Waals surface area contributed by atoms with Crippen molar-refractivity contribution in [3.05, 3.63) is 53.6 Å². The highest BCUT2D eigenvalue weighted by atomic mass is 32.2. The molecule has 1 heterocycles. The molecule has 2 aromatic rings. The van der Waals surface area contributed by atoms with E-state index in [0.29, 0.717) is 18.7 Å². The lowest BCUT2D eigenvalue weighted by Gasteiger charge is -2.18. The summed E-state index contributed by atoms with van der Waals surface area (Å²) in [7, 11) is -4.11. The molecule has 1 aliphatic heterocycles. The van der Waals surface area contributed by atoms with Crippen LogP contribution in [0.25, 0.3) is 0 Å². The van der Waals surface area contributed by atoms with Gasteiger partial charge < -0.3 is 4.90 Å². The SMILES string of the molecule is O=C(C1CC1)N1CCc2ccc(S(=O)(=O)Nc3cccc(C(F)(F)F)c3)cc21. The molecule has 0 aromatic heterocycles. The van der Waals surface area contributed by atoms with E-state index in [0.717, 1.165) is 36.6 Å². The monoisotopic (exact) mass is 410 g/mol. The minimum atomic E-state index is -4.57. The maximum Gasteiger partial charge on any atom is 0.416 e. The summed E-state index contributed by atoms with van der Waals surface area (Å²) in [4.78, 5) is 13.9. The van der Waals surface area contributed by atoms with Gasteiger partial charge in [-0.1, -0.05) is 12.1 Å². The van der Waals surface area contributed by atoms with Gasteiger partial charge in [-0.15, -0.1) is 0 Å². The fraction of sp³-hybridized carbons (Fsp3) is 0.316. The second-order valence-corrected chi connectivity index (χ2v) is 8.67. The molecule has 2 aromatic carbocycles. The number of anilines is 2. The van der Waals surface area contributed by atoms with Crippen LogP contribution in [0.4, 0.5) is 24.5 Å². The van der Waals surface area contributed by atoms with Crippen LogP contribution in [0.1, 0.15) is 24.0 Å². The summed E-state index contributed by atoms with van der Waals surface area (Å²) in [6, 6.07) is 8.47. The van der Waals surface area contributed by atoms with Gasteiger partial charge in [-0.2, -0.15) is 13.2 Å². The molecule has 1 fully saturated rings. The Hall–Kier alpha value is -2.55. The molecule has 0 saturated heterocycles. The van der Waals surface area contributed by atoms with E-state index >= 15 is 0 Å². The largest absolute Gasteiger partial charge is 0.416 e. The van der Waals surface area contributed by atoms with Crippen molar-refractivity contribution in [2.45, 2.75) is 30.3 Å². The molecule has 0 bridgehead atoms. The molecule has 5 nitrogen and oxygen atoms in total. The van der Waals surface area contributed by atoms with Crippen molar-refractivity contribution in [1.82, 2.24) is 0 Å². The van der Waals surface area contributed by atoms with E-state index in [1.807, 2.05) is 0 Å². The number of benzene rings is 2. The quantitative estimate of drug-likeness (QED) is 0.834. The number of sulfonamides is 1. The summed E-state index contributed by atoms with van der Waals surface area (Å²) in [6.45, 7) is 0.509. The Morgan fingerprint density at radius 2 is 1.86 bits per heavy atom. The van der Waals surface area contributed by atoms with E-state index in [1.54, 1.807) is 11.0 Å². The topological polar surface area (TPSA) is 66.5 Å². The first-order chi connectivity index (χ1) is 13.1. The number of halogens is 3. The first-order valence-electron chi connectivity index (χ1n) is 8.79. The lowest BCUT2D eigenvalue weighted by molar-refractivity contribution is -0.137. The lowest BCUT2D eigenvalue weighted by Crippen LogP contribution is -2.30. The molecule has 0 unspecified atom stereocenters. The van der Waals surface area contributed by atoms with Crippen molar-refractivity contribution < 1.29 is 26.4 Å². The molecule has 9 heteroatoms. The van der Waals surface area contributed by atoms with Crippen LogP contribution in [-0.4, -0.2) is 20.9 Å². The van der Waals surface area contributed by atoms with Crippen LogP contribution in [0.2, 0.25) is 0 Å². The van der Waals surface area contributed by atoms with Gasteiger partial charge in [-0.3, -0.25) is 9.52 Å². The molecule has 1 saturated carbocycles. The Labute approximate surface area is 160 Å². The van der Waals surface area contributed by atoms with Crippen molar-refractivity contribution >= 4 is 27.3 Å². The zero-order valence-corrected chi connectivity index (χ0v) is 15.5. The zero-order chi connectivity index (χ0) is 20.1. The van der Waals surface area contributed by atoms with Gasteiger partial charge >= 0.3 is 6.18 Å². The highest BCUT2D eigenvalue weighted by Gasteiger charge is 2.37. The van der Waals surface area contributed by atoms with Crippen LogP contribution in [-0.2, 0) is 27.4 Å². The van der Waals surface area contributed by atoms with Crippen molar-refractivity contribution in [2.75, 3.05) is 16.2 Å². The Balaban J connectivity index is 1.62. The third-order valence-electron chi connectivity index (χ3n) is 4.90. The van der Waals surface area contributed by atoms with Crippen LogP contribution in [0, 0.1) is 5.92 Å². The molecular formula is C19H17F3N2O3S. The molecule has 0 atom stereocenters. The Kier molecular flexibility index (Phi) is 4.37. The number of hydrogen-bond acceptors (Lipinski definition) is 3. The van der Waals surface area contributed by atoms with Gasteiger partial charge in [0.2, 0.25) is 5.91 Å². The number of carbonyl (C=O) groups excluding carboxylic acids is 1. The van der Waals surface area contributed by atoms with E-state index in [2.05, 4.69) is 4.72 Å². The fourth-order valence-corrected chi connectivity index (χ4v) is 4.35. The van der Waals surface area contributed by atoms with E-state index < -0.39 is 21.8 Å². The summed E-state index contributed by atoms with van der Waals surface area (Å²) >= 11 is 0. The molecule has 0 spiro atoms. The Morgan fingerprint density at radius 3 is 2.54 bits per heavy atom. The second kappa shape index (κ2) is 6.51. The van der Waals surface area contributed by atoms with E-state index in [1.165, 1.54) is 18.2 Å². The van der Waals surface area contributed by atoms with Crippen LogP contribution >= 0.6 is 0 Å². The predicted octanol–water partition coefficient (Wildman–Crippen LogP) is 3.81. The number of fused-ring (bicyclic) bond motifs is 1. The van der Waals surface area contributed by atoms with E-state index in [4.69, 9.17) is 0 Å². The highest BCUT2D eigenvalue weighted by molar-refractivity contribution is 7.92. The van der Waals surface area contributed by atoms with Crippen LogP contribution in [0.3, 0.4) is 0 Å². The average Bonchev–Trinajstić information content (AvgIpc) is 3.39. The Morgan fingerprint density at radius 1 is 1.11 bits per heavy atom. The van der Waals surface area contributed by atoms with Crippen LogP contribution in [0.5, 0.6) is 0 Å². The number of carbonyl (C=O) groups is 1. The summed E-state index contributed by atoms with van der Waals surface area (Å²) in [5.41, 5.74) is 0.319. The van der Waals surface area contributed by atoms with Gasteiger partial charge in [0.05, 0.1) is 10.5 Å². The van der Waals surface area contributed by atoms with Gasteiger partial charge in [-0.25, -0.2) is 8.42 Å². The van der Waals surface area contributed by atoms with Crippen LogP contribution in [0.15, 0.2) is 47.4 Å². The zero-order valence-electron chi connectivity index (χ0n) is 14.7. The summed E-state index contributed by atoms with van der Waals surface area (Å²) in [6.07, 6.45) is -2.23. The maximum atomic E-state index is 12.8. The first-order valence-corrected chi connectivity index (χ1v) is 10.3. The molecular weight excluding hydrogens is 393 g/mol. The second-order valence-electron chi connectivity index (χ2n) is 6.99. The van der Waals surface area contributed by atoms with E-state index in [9.17, 15) is 26.4 Å². The number of amides is 1. The van der Waals surface area contributed by atoms with Gasteiger partial charge in [0.25, 0.3) is 10.0 Å². The standard InChI is InChI=1S/C19H17F3N2O3S/c20-19(21,22)14-2-1-3-15(10-14)23-28(26,27)16-7-6-12-8-9-24(17(12)11-16)18(25)13-4-5-13/h1-3,6-7,10-11,13,23H,4-5,8-9H2. The van der Waals surface area contributed by atoms with Gasteiger partial charge in [0, 0.05) is 23.8 Å². The number of rotatable bonds is 4. The minimum absolute atomic E-state index is 0.000800. The first kappa shape index (κ1) is 18.8. The summed E-state index contributed by atoms with van der Waals surface area (Å²) < 4.78 is 66.1. The molecule has 0 radical (unpaired) electrons. The normalized spacial score (nSPS) is 16.8. The van der Waals surface area contributed by atoms with Crippen molar-refractivity contribution in [1.29, 1.82) is 0 Å². The lowest BCUT2D eigenvalue weighted by atomic mass is 10.2. The fourth-order valence-electron chi connectivity index (χ4n) is 3.28. The predicted molar refractivity (Wildman–Crippen MR) is 97.5 cm³/mol. The Bertz CT molecular complexity index is 1050. The molecule has 28 heavy (non-hydrogen) atoms. The number of hydrogen-bond donors (Lipinski definition) is 1. The van der Waals surface area contributed by atoms with Crippen molar-refractivity contribution in [3.8, 4) is 0 Å². The van der Waals surface area contributed by atoms with Crippen molar-refractivity contribution in [3.63, 3.8) is 0 Å². The molecule has 1 amide bonds. The number of nitrogens with one attached hydrogen (secondary N) is 1. The number of alkyl halides is 3. The highest BCUT2D eigenvalue weighted by Crippen LogP contribution is 2.37. The van der Waals surface area contributed by atoms with Crippen molar-refractivity contribution in [2.24, 2.45) is 5.92 Å². The third-order valence-corrected chi connectivity index (χ3v) is 6.28. The average molecular weight is 410 g/mol. The third kappa shape index (κ3) is 3.58. The van der Waals surface area contributed by atoms with Crippen LogP contribution < -0.4 is 9.62 Å². The minimum Gasteiger partial charge on any atom is -0.312 e. The molecule has 2 aliphatic rings. The molecule has 1 N–H and O–H groups in total. The summed E-state index contributed by atoms with van der Waals surface area (Å²) in [5, 5.41) is 0. The molecule has 1 aliphatic carbocycles. The number of nitrogens with zero attached hydrogens (tertiary/aromatic N) is 1. The molecule has 148 valence electrons. The van der Waals surface area contributed by atoms with Gasteiger partial charge in [-0.05, 0) is 55.2 Å². The van der Waals surface area contributed by atoms with Gasteiger partial charge in [0.15, 0.2) is 0 Å². The van der Waals surface area contributed by atoms with E-state index in [-0.39, 0.29) is 22.4 Å². The smallest absolute Gasteiger partial charge is 0.312 e. The molecule has 4 rings (SSSR count). The summed E-state index contributed by atoms with van der Waals surface area (Å²) in [5.74, 6) is 0.00795. The van der Waals surface area contributed by atoms with Gasteiger partial charge in [0.1, 0.15) is 0 Å². The maximum absolute atomic E-state index is 12.8.